The number of aromatic nitrogens is 2. The number of nitrogens with one attached hydrogen (secondary N) is 1. The van der Waals surface area contributed by atoms with Gasteiger partial charge in [-0.15, -0.1) is 0 Å². The highest BCUT2D eigenvalue weighted by molar-refractivity contribution is 6.22. The fourth-order valence-corrected chi connectivity index (χ4v) is 3.56. The van der Waals surface area contributed by atoms with Gasteiger partial charge in [0, 0.05) is 23.6 Å². The fourth-order valence-electron chi connectivity index (χ4n) is 3.56. The minimum absolute atomic E-state index is 0.323. The average Bonchev–Trinajstić information content (AvgIpc) is 3.30. The highest BCUT2D eigenvalue weighted by Gasteiger charge is 2.36. The quantitative estimate of drug-likeness (QED) is 0.537. The summed E-state index contributed by atoms with van der Waals surface area (Å²) in [6, 6.07) is 19.6. The summed E-state index contributed by atoms with van der Waals surface area (Å²) < 4.78 is 1.92. The molecule has 1 N–H and O–H groups in total. The first-order valence-electron chi connectivity index (χ1n) is 9.39. The molecular weight excluding hydrogens is 380 g/mol. The Bertz CT molecular complexity index is 1260. The smallest absolute Gasteiger partial charge is 0.262 e. The zero-order valence-electron chi connectivity index (χ0n) is 15.8. The molecule has 4 aromatic rings. The van der Waals surface area contributed by atoms with Gasteiger partial charge in [0.05, 0.1) is 16.8 Å². The summed E-state index contributed by atoms with van der Waals surface area (Å²) in [6.07, 6.45) is 3.83. The molecule has 1 aliphatic rings. The molecule has 0 aliphatic carbocycles. The van der Waals surface area contributed by atoms with Crippen molar-refractivity contribution >= 4 is 29.1 Å². The number of carbonyl (C=O) groups is 3. The molecule has 0 radical (unpaired) electrons. The van der Waals surface area contributed by atoms with Crippen molar-refractivity contribution in [2.24, 2.45) is 0 Å². The first-order chi connectivity index (χ1) is 14.6. The molecule has 3 heterocycles. The third kappa shape index (κ3) is 3.02. The van der Waals surface area contributed by atoms with E-state index in [1.165, 1.54) is 0 Å². The summed E-state index contributed by atoms with van der Waals surface area (Å²) in [6.45, 7) is -0.342. The Morgan fingerprint density at radius 2 is 1.63 bits per heavy atom. The van der Waals surface area contributed by atoms with Crippen LogP contribution in [0.1, 0.15) is 20.7 Å². The number of anilines is 1. The van der Waals surface area contributed by atoms with E-state index in [0.717, 1.165) is 21.8 Å². The van der Waals surface area contributed by atoms with Crippen molar-refractivity contribution in [1.29, 1.82) is 0 Å². The lowest BCUT2D eigenvalue weighted by Crippen LogP contribution is -2.37. The van der Waals surface area contributed by atoms with E-state index in [-0.39, 0.29) is 6.54 Å². The minimum Gasteiger partial charge on any atom is -0.325 e. The van der Waals surface area contributed by atoms with E-state index in [1.807, 2.05) is 53.2 Å². The molecule has 1 aliphatic heterocycles. The zero-order valence-corrected chi connectivity index (χ0v) is 15.8. The predicted octanol–water partition coefficient (Wildman–Crippen LogP) is 3.24. The van der Waals surface area contributed by atoms with Gasteiger partial charge in [0.15, 0.2) is 0 Å². The van der Waals surface area contributed by atoms with Crippen LogP contribution in [0.25, 0.3) is 16.9 Å². The number of benzene rings is 2. The number of pyridine rings is 1. The molecule has 3 amide bonds. The Hall–Kier alpha value is -4.26. The second-order valence-corrected chi connectivity index (χ2v) is 6.96. The van der Waals surface area contributed by atoms with Crippen molar-refractivity contribution in [2.45, 2.75) is 0 Å². The summed E-state index contributed by atoms with van der Waals surface area (Å²) in [5.41, 5.74) is 3.65. The van der Waals surface area contributed by atoms with Crippen molar-refractivity contribution in [2.75, 3.05) is 11.9 Å². The van der Waals surface area contributed by atoms with Gasteiger partial charge in [-0.1, -0.05) is 30.3 Å². The number of hydrogen-bond donors (Lipinski definition) is 1. The van der Waals surface area contributed by atoms with Gasteiger partial charge in [0.2, 0.25) is 5.91 Å². The van der Waals surface area contributed by atoms with Gasteiger partial charge >= 0.3 is 0 Å². The number of carbonyl (C=O) groups excluding carboxylic acids is 3. The van der Waals surface area contributed by atoms with Crippen LogP contribution in [-0.2, 0) is 4.79 Å². The molecule has 30 heavy (non-hydrogen) atoms. The molecule has 0 fully saturated rings. The fraction of sp³-hybridized carbons (Fsp3) is 0.0435. The third-order valence-electron chi connectivity index (χ3n) is 4.99. The van der Waals surface area contributed by atoms with Crippen molar-refractivity contribution in [3.05, 3.63) is 90.3 Å². The SMILES string of the molecule is O=C(CN1C(=O)c2ccccc2C1=O)Nc1cccc(-c2cn3ccccc3n2)c1. The summed E-state index contributed by atoms with van der Waals surface area (Å²) >= 11 is 0. The van der Waals surface area contributed by atoms with Crippen LogP contribution in [0.3, 0.4) is 0 Å². The number of hydrogen-bond acceptors (Lipinski definition) is 4. The van der Waals surface area contributed by atoms with Crippen LogP contribution in [0.5, 0.6) is 0 Å². The first kappa shape index (κ1) is 17.8. The van der Waals surface area contributed by atoms with Crippen LogP contribution >= 0.6 is 0 Å². The van der Waals surface area contributed by atoms with Crippen molar-refractivity contribution in [1.82, 2.24) is 14.3 Å². The van der Waals surface area contributed by atoms with Crippen LogP contribution in [-0.4, -0.2) is 38.6 Å². The molecule has 0 spiro atoms. The Morgan fingerprint density at radius 1 is 0.900 bits per heavy atom. The van der Waals surface area contributed by atoms with Gasteiger partial charge in [0.25, 0.3) is 11.8 Å². The highest BCUT2D eigenvalue weighted by Crippen LogP contribution is 2.24. The number of nitrogens with zero attached hydrogens (tertiary/aromatic N) is 3. The number of fused-ring (bicyclic) bond motifs is 2. The van der Waals surface area contributed by atoms with E-state index >= 15 is 0 Å². The summed E-state index contributed by atoms with van der Waals surface area (Å²) in [5.74, 6) is -1.36. The lowest BCUT2D eigenvalue weighted by Gasteiger charge is -2.14. The Kier molecular flexibility index (Phi) is 4.14. The molecule has 0 unspecified atom stereocenters. The summed E-state index contributed by atoms with van der Waals surface area (Å²) in [7, 11) is 0. The van der Waals surface area contributed by atoms with Crippen molar-refractivity contribution < 1.29 is 14.4 Å². The van der Waals surface area contributed by atoms with Crippen molar-refractivity contribution in [3.63, 3.8) is 0 Å². The molecule has 0 bridgehead atoms. The Morgan fingerprint density at radius 3 is 2.37 bits per heavy atom. The number of imide groups is 1. The van der Waals surface area contributed by atoms with Gasteiger partial charge in [-0.2, -0.15) is 0 Å². The van der Waals surface area contributed by atoms with Gasteiger partial charge in [-0.05, 0) is 36.4 Å². The van der Waals surface area contributed by atoms with E-state index < -0.39 is 17.7 Å². The van der Waals surface area contributed by atoms with E-state index in [0.29, 0.717) is 16.8 Å². The Balaban J connectivity index is 1.33. The van der Waals surface area contributed by atoms with Crippen LogP contribution in [0.2, 0.25) is 0 Å². The highest BCUT2D eigenvalue weighted by atomic mass is 16.2. The molecule has 5 rings (SSSR count). The van der Waals surface area contributed by atoms with Gasteiger partial charge in [-0.25, -0.2) is 4.98 Å². The maximum Gasteiger partial charge on any atom is 0.262 e. The molecule has 2 aromatic carbocycles. The standard InChI is InChI=1S/C23H16N4O3/c28-21(14-27-22(29)17-8-1-2-9-18(17)23(27)30)24-16-7-5-6-15(12-16)19-13-26-11-4-3-10-20(26)25-19/h1-13H,14H2,(H,24,28). The molecule has 0 saturated heterocycles. The number of amides is 3. The maximum atomic E-state index is 12.5. The maximum absolute atomic E-state index is 12.5. The monoisotopic (exact) mass is 396 g/mol. The Labute approximate surface area is 171 Å². The lowest BCUT2D eigenvalue weighted by molar-refractivity contribution is -0.116. The molecule has 2 aromatic heterocycles. The predicted molar refractivity (Wildman–Crippen MR) is 111 cm³/mol. The first-order valence-corrected chi connectivity index (χ1v) is 9.39. The molecule has 7 heteroatoms. The second kappa shape index (κ2) is 6.97. The summed E-state index contributed by atoms with van der Waals surface area (Å²) in [4.78, 5) is 42.9. The minimum atomic E-state index is -0.454. The van der Waals surface area contributed by atoms with Crippen molar-refractivity contribution in [3.8, 4) is 11.3 Å². The van der Waals surface area contributed by atoms with Crippen LogP contribution in [0.4, 0.5) is 5.69 Å². The van der Waals surface area contributed by atoms with Crippen LogP contribution in [0, 0.1) is 0 Å². The zero-order chi connectivity index (χ0) is 20.7. The third-order valence-corrected chi connectivity index (χ3v) is 4.99. The second-order valence-electron chi connectivity index (χ2n) is 6.96. The van der Waals surface area contributed by atoms with Crippen LogP contribution < -0.4 is 5.32 Å². The molecule has 7 nitrogen and oxygen atoms in total. The van der Waals surface area contributed by atoms with Crippen LogP contribution in [0.15, 0.2) is 79.1 Å². The molecule has 0 atom stereocenters. The van der Waals surface area contributed by atoms with E-state index in [2.05, 4.69) is 10.3 Å². The number of rotatable bonds is 4. The largest absolute Gasteiger partial charge is 0.325 e. The normalized spacial score (nSPS) is 13.0. The summed E-state index contributed by atoms with van der Waals surface area (Å²) in [5, 5.41) is 2.76. The lowest BCUT2D eigenvalue weighted by atomic mass is 10.1. The van der Waals surface area contributed by atoms with E-state index in [1.54, 1.807) is 30.3 Å². The topological polar surface area (TPSA) is 83.8 Å². The molecular formula is C23H16N4O3. The van der Waals surface area contributed by atoms with Gasteiger partial charge in [-0.3, -0.25) is 19.3 Å². The van der Waals surface area contributed by atoms with Gasteiger partial charge < -0.3 is 9.72 Å². The number of imidazole rings is 1. The van der Waals surface area contributed by atoms with E-state index in [4.69, 9.17) is 0 Å². The average molecular weight is 396 g/mol. The molecule has 146 valence electrons. The van der Waals surface area contributed by atoms with E-state index in [9.17, 15) is 14.4 Å². The van der Waals surface area contributed by atoms with Gasteiger partial charge in [0.1, 0.15) is 12.2 Å². The molecule has 0 saturated carbocycles.